The molecule has 8 nitrogen and oxygen atoms in total. The highest BCUT2D eigenvalue weighted by Gasteiger charge is 2.61. The van der Waals surface area contributed by atoms with Crippen LogP contribution >= 0.6 is 0 Å². The van der Waals surface area contributed by atoms with Gasteiger partial charge >= 0.3 is 6.03 Å². The van der Waals surface area contributed by atoms with Crippen molar-refractivity contribution in [1.82, 2.24) is 20.0 Å². The summed E-state index contributed by atoms with van der Waals surface area (Å²) in [6.07, 6.45) is 2.30. The van der Waals surface area contributed by atoms with Gasteiger partial charge in [0.05, 0.1) is 18.6 Å². The molecule has 32 heavy (non-hydrogen) atoms. The third-order valence-corrected chi connectivity index (χ3v) is 7.66. The van der Waals surface area contributed by atoms with Crippen molar-refractivity contribution >= 4 is 17.8 Å². The van der Waals surface area contributed by atoms with E-state index >= 15 is 0 Å². The summed E-state index contributed by atoms with van der Waals surface area (Å²) < 4.78 is 5.18. The Balaban J connectivity index is 1.33. The molecule has 1 N–H and O–H groups in total. The van der Waals surface area contributed by atoms with Crippen LogP contribution in [0.25, 0.3) is 0 Å². The number of amides is 4. The zero-order chi connectivity index (χ0) is 22.9. The van der Waals surface area contributed by atoms with Gasteiger partial charge in [-0.1, -0.05) is 12.1 Å². The SMILES string of the molecule is CCN1C(=O)[C@H]2CN(C(C)=O)C[C@H]2C12CCN(C(=O)NCCc1ccc(OC)cc1)CC2. The van der Waals surface area contributed by atoms with E-state index in [0.717, 1.165) is 30.6 Å². The van der Waals surface area contributed by atoms with Crippen LogP contribution in [-0.4, -0.2) is 84.5 Å². The minimum Gasteiger partial charge on any atom is -0.497 e. The topological polar surface area (TPSA) is 82.2 Å². The number of nitrogens with zero attached hydrogens (tertiary/aromatic N) is 3. The van der Waals surface area contributed by atoms with Gasteiger partial charge in [-0.2, -0.15) is 0 Å². The van der Waals surface area contributed by atoms with E-state index in [9.17, 15) is 14.4 Å². The van der Waals surface area contributed by atoms with E-state index in [1.165, 1.54) is 0 Å². The van der Waals surface area contributed by atoms with E-state index in [-0.39, 0.29) is 35.2 Å². The summed E-state index contributed by atoms with van der Waals surface area (Å²) in [5, 5.41) is 3.03. The lowest BCUT2D eigenvalue weighted by molar-refractivity contribution is -0.136. The number of carbonyl (C=O) groups is 3. The highest BCUT2D eigenvalue weighted by Crippen LogP contribution is 2.49. The molecule has 3 aliphatic rings. The van der Waals surface area contributed by atoms with E-state index in [1.54, 1.807) is 14.0 Å². The molecule has 0 bridgehead atoms. The van der Waals surface area contributed by atoms with Crippen LogP contribution in [0.5, 0.6) is 5.75 Å². The number of fused-ring (bicyclic) bond motifs is 2. The molecule has 3 saturated heterocycles. The molecule has 0 unspecified atom stereocenters. The number of ether oxygens (including phenoxy) is 1. The largest absolute Gasteiger partial charge is 0.497 e. The summed E-state index contributed by atoms with van der Waals surface area (Å²) in [5.41, 5.74) is 0.912. The van der Waals surface area contributed by atoms with Crippen LogP contribution in [0.3, 0.4) is 0 Å². The van der Waals surface area contributed by atoms with Gasteiger partial charge in [0.25, 0.3) is 0 Å². The van der Waals surface area contributed by atoms with E-state index in [2.05, 4.69) is 5.32 Å². The van der Waals surface area contributed by atoms with Crippen LogP contribution in [0, 0.1) is 11.8 Å². The molecule has 4 amide bonds. The fourth-order valence-corrected chi connectivity index (χ4v) is 5.90. The lowest BCUT2D eigenvalue weighted by atomic mass is 9.75. The molecule has 3 aliphatic heterocycles. The first-order valence-corrected chi connectivity index (χ1v) is 11.6. The number of methoxy groups -OCH3 is 1. The van der Waals surface area contributed by atoms with Gasteiger partial charge in [-0.05, 0) is 43.9 Å². The second-order valence-electron chi connectivity index (χ2n) is 9.14. The fourth-order valence-electron chi connectivity index (χ4n) is 5.90. The molecular weight excluding hydrogens is 408 g/mol. The van der Waals surface area contributed by atoms with Crippen LogP contribution in [0.15, 0.2) is 24.3 Å². The highest BCUT2D eigenvalue weighted by atomic mass is 16.5. The Kier molecular flexibility index (Phi) is 6.31. The van der Waals surface area contributed by atoms with Gasteiger partial charge in [-0.25, -0.2) is 4.79 Å². The van der Waals surface area contributed by atoms with Crippen molar-refractivity contribution in [2.24, 2.45) is 11.8 Å². The number of likely N-dealkylation sites (tertiary alicyclic amines) is 3. The summed E-state index contributed by atoms with van der Waals surface area (Å²) >= 11 is 0. The Morgan fingerprint density at radius 3 is 2.41 bits per heavy atom. The number of benzene rings is 1. The Hall–Kier alpha value is -2.77. The minimum absolute atomic E-state index is 0.0408. The molecule has 174 valence electrons. The summed E-state index contributed by atoms with van der Waals surface area (Å²) in [6.45, 7) is 7.30. The molecule has 3 fully saturated rings. The van der Waals surface area contributed by atoms with E-state index in [1.807, 2.05) is 45.9 Å². The maximum Gasteiger partial charge on any atom is 0.317 e. The second-order valence-corrected chi connectivity index (χ2v) is 9.14. The lowest BCUT2D eigenvalue weighted by Crippen LogP contribution is -2.59. The molecule has 1 aromatic carbocycles. The predicted octanol–water partition coefficient (Wildman–Crippen LogP) is 1.74. The maximum atomic E-state index is 13.1. The van der Waals surface area contributed by atoms with Crippen LogP contribution in [-0.2, 0) is 16.0 Å². The zero-order valence-corrected chi connectivity index (χ0v) is 19.3. The fraction of sp³-hybridized carbons (Fsp3) is 0.625. The molecule has 3 heterocycles. The molecule has 1 spiro atoms. The normalized spacial score (nSPS) is 24.1. The summed E-state index contributed by atoms with van der Waals surface area (Å²) in [4.78, 5) is 43.5. The maximum absolute atomic E-state index is 13.1. The van der Waals surface area contributed by atoms with Gasteiger partial charge < -0.3 is 24.8 Å². The number of hydrogen-bond acceptors (Lipinski definition) is 4. The average Bonchev–Trinajstić information content (AvgIpc) is 3.34. The number of nitrogens with one attached hydrogen (secondary N) is 1. The first-order valence-electron chi connectivity index (χ1n) is 11.6. The molecule has 0 saturated carbocycles. The summed E-state index contributed by atoms with van der Waals surface area (Å²) in [5.74, 6) is 1.11. The van der Waals surface area contributed by atoms with Gasteiger partial charge in [-0.3, -0.25) is 9.59 Å². The monoisotopic (exact) mass is 442 g/mol. The van der Waals surface area contributed by atoms with Gasteiger partial charge in [-0.15, -0.1) is 0 Å². The number of urea groups is 1. The molecular formula is C24H34N4O4. The summed E-state index contributed by atoms with van der Waals surface area (Å²) in [6, 6.07) is 7.82. The van der Waals surface area contributed by atoms with Gasteiger partial charge in [0.2, 0.25) is 11.8 Å². The van der Waals surface area contributed by atoms with Gasteiger partial charge in [0, 0.05) is 52.1 Å². The van der Waals surface area contributed by atoms with Gasteiger partial charge in [0.1, 0.15) is 5.75 Å². The minimum atomic E-state index is -0.236. The van der Waals surface area contributed by atoms with E-state index in [4.69, 9.17) is 4.74 Å². The van der Waals surface area contributed by atoms with Crippen molar-refractivity contribution in [3.63, 3.8) is 0 Å². The van der Waals surface area contributed by atoms with Gasteiger partial charge in [0.15, 0.2) is 0 Å². The number of rotatable bonds is 5. The Morgan fingerprint density at radius 2 is 1.81 bits per heavy atom. The van der Waals surface area contributed by atoms with Crippen molar-refractivity contribution in [3.05, 3.63) is 29.8 Å². The zero-order valence-electron chi connectivity index (χ0n) is 19.3. The molecule has 8 heteroatoms. The quantitative estimate of drug-likeness (QED) is 0.753. The average molecular weight is 443 g/mol. The second kappa shape index (κ2) is 9.00. The predicted molar refractivity (Wildman–Crippen MR) is 120 cm³/mol. The van der Waals surface area contributed by atoms with E-state index < -0.39 is 0 Å². The van der Waals surface area contributed by atoms with Crippen molar-refractivity contribution < 1.29 is 19.1 Å². The van der Waals surface area contributed by atoms with Crippen molar-refractivity contribution in [2.75, 3.05) is 46.4 Å². The number of piperidine rings is 1. The first kappa shape index (κ1) is 22.4. The van der Waals surface area contributed by atoms with Crippen LogP contribution in [0.1, 0.15) is 32.3 Å². The molecule has 1 aromatic rings. The Bertz CT molecular complexity index is 863. The Labute approximate surface area is 189 Å². The summed E-state index contributed by atoms with van der Waals surface area (Å²) in [7, 11) is 1.64. The van der Waals surface area contributed by atoms with E-state index in [0.29, 0.717) is 39.3 Å². The molecule has 0 radical (unpaired) electrons. The van der Waals surface area contributed by atoms with Crippen LogP contribution in [0.2, 0.25) is 0 Å². The lowest BCUT2D eigenvalue weighted by Gasteiger charge is -2.47. The molecule has 2 atom stereocenters. The van der Waals surface area contributed by atoms with Crippen molar-refractivity contribution in [3.8, 4) is 5.75 Å². The smallest absolute Gasteiger partial charge is 0.317 e. The highest BCUT2D eigenvalue weighted by molar-refractivity contribution is 5.85. The first-order chi connectivity index (χ1) is 15.4. The standard InChI is InChI=1S/C24H34N4O4/c1-4-28-22(30)20-15-27(17(2)29)16-21(20)24(28)10-13-26(14-11-24)23(31)25-12-9-18-5-7-19(32-3)8-6-18/h5-8,20-21H,4,9-16H2,1-3H3,(H,25,31)/t20-,21+/m0/s1. The Morgan fingerprint density at radius 1 is 1.12 bits per heavy atom. The molecule has 4 rings (SSSR count). The molecule has 0 aliphatic carbocycles. The number of hydrogen-bond donors (Lipinski definition) is 1. The van der Waals surface area contributed by atoms with Crippen molar-refractivity contribution in [1.29, 1.82) is 0 Å². The number of carbonyl (C=O) groups excluding carboxylic acids is 3. The molecule has 0 aromatic heterocycles. The van der Waals surface area contributed by atoms with Crippen LogP contribution in [0.4, 0.5) is 4.79 Å². The van der Waals surface area contributed by atoms with Crippen LogP contribution < -0.4 is 10.1 Å². The van der Waals surface area contributed by atoms with Crippen molar-refractivity contribution in [2.45, 2.75) is 38.6 Å². The third kappa shape index (κ3) is 3.91. The third-order valence-electron chi connectivity index (χ3n) is 7.66.